The molecule has 2 rings (SSSR count). The number of rotatable bonds is 4. The lowest BCUT2D eigenvalue weighted by molar-refractivity contribution is 0.311. The zero-order chi connectivity index (χ0) is 12.3. The fourth-order valence-electron chi connectivity index (χ4n) is 1.52. The summed E-state index contributed by atoms with van der Waals surface area (Å²) in [7, 11) is 1.60. The van der Waals surface area contributed by atoms with Crippen LogP contribution in [0.1, 0.15) is 6.92 Å². The molecule has 0 radical (unpaired) electrons. The summed E-state index contributed by atoms with van der Waals surface area (Å²) in [6.45, 7) is 2.48. The minimum Gasteiger partial charge on any atom is -0.493 e. The van der Waals surface area contributed by atoms with Crippen LogP contribution in [0.15, 0.2) is 28.8 Å². The van der Waals surface area contributed by atoms with Gasteiger partial charge >= 0.3 is 0 Å². The molecule has 90 valence electrons. The van der Waals surface area contributed by atoms with Gasteiger partial charge in [-0.1, -0.05) is 5.16 Å². The minimum absolute atomic E-state index is 0.355. The van der Waals surface area contributed by atoms with Crippen LogP contribution in [0, 0.1) is 0 Å². The molecule has 2 aromatic rings. The average molecular weight is 234 g/mol. The first-order valence-electron chi connectivity index (χ1n) is 5.28. The van der Waals surface area contributed by atoms with Crippen LogP contribution in [0.25, 0.3) is 11.3 Å². The molecule has 1 aromatic carbocycles. The normalized spacial score (nSPS) is 10.2. The Balaban J connectivity index is 2.39. The molecule has 1 aromatic heterocycles. The van der Waals surface area contributed by atoms with Crippen molar-refractivity contribution in [2.45, 2.75) is 6.92 Å². The zero-order valence-electron chi connectivity index (χ0n) is 9.77. The quantitative estimate of drug-likeness (QED) is 0.879. The van der Waals surface area contributed by atoms with Gasteiger partial charge in [0.25, 0.3) is 0 Å². The maximum Gasteiger partial charge on any atom is 0.169 e. The Morgan fingerprint density at radius 1 is 1.29 bits per heavy atom. The Labute approximate surface area is 99.1 Å². The van der Waals surface area contributed by atoms with E-state index in [0.29, 0.717) is 29.7 Å². The van der Waals surface area contributed by atoms with E-state index in [9.17, 15) is 0 Å². The van der Waals surface area contributed by atoms with Crippen molar-refractivity contribution in [2.75, 3.05) is 19.5 Å². The summed E-state index contributed by atoms with van der Waals surface area (Å²) >= 11 is 0. The number of benzene rings is 1. The van der Waals surface area contributed by atoms with Crippen molar-refractivity contribution in [3.8, 4) is 22.8 Å². The van der Waals surface area contributed by atoms with Crippen molar-refractivity contribution in [3.63, 3.8) is 0 Å². The van der Waals surface area contributed by atoms with Gasteiger partial charge in [0.2, 0.25) is 0 Å². The fourth-order valence-corrected chi connectivity index (χ4v) is 1.52. The van der Waals surface area contributed by atoms with Crippen LogP contribution in [0.3, 0.4) is 0 Å². The van der Waals surface area contributed by atoms with Gasteiger partial charge in [0.1, 0.15) is 0 Å². The molecule has 17 heavy (non-hydrogen) atoms. The topological polar surface area (TPSA) is 70.5 Å². The number of hydrogen-bond acceptors (Lipinski definition) is 5. The van der Waals surface area contributed by atoms with E-state index < -0.39 is 0 Å². The predicted octanol–water partition coefficient (Wildman–Crippen LogP) is 2.33. The lowest BCUT2D eigenvalue weighted by atomic mass is 10.1. The van der Waals surface area contributed by atoms with Crippen LogP contribution < -0.4 is 15.2 Å². The first-order valence-corrected chi connectivity index (χ1v) is 5.28. The molecule has 0 bridgehead atoms. The van der Waals surface area contributed by atoms with Gasteiger partial charge in [0, 0.05) is 11.6 Å². The Morgan fingerprint density at radius 3 is 2.71 bits per heavy atom. The highest BCUT2D eigenvalue weighted by Gasteiger charge is 2.10. The van der Waals surface area contributed by atoms with Gasteiger partial charge in [-0.2, -0.15) is 0 Å². The smallest absolute Gasteiger partial charge is 0.169 e. The number of aromatic nitrogens is 1. The maximum atomic E-state index is 5.51. The number of nitrogen functional groups attached to an aromatic ring is 1. The number of anilines is 1. The molecule has 0 saturated heterocycles. The van der Waals surface area contributed by atoms with E-state index in [2.05, 4.69) is 5.16 Å². The minimum atomic E-state index is 0.355. The number of hydrogen-bond donors (Lipinski definition) is 1. The van der Waals surface area contributed by atoms with Gasteiger partial charge in [-0.05, 0) is 25.1 Å². The Bertz CT molecular complexity index is 508. The van der Waals surface area contributed by atoms with Crippen LogP contribution >= 0.6 is 0 Å². The van der Waals surface area contributed by atoms with E-state index in [4.69, 9.17) is 19.7 Å². The molecule has 2 N–H and O–H groups in total. The number of methoxy groups -OCH3 is 1. The molecule has 0 aliphatic heterocycles. The lowest BCUT2D eigenvalue weighted by Crippen LogP contribution is -1.95. The number of nitrogens with two attached hydrogens (primary N) is 1. The van der Waals surface area contributed by atoms with Crippen LogP contribution in [-0.4, -0.2) is 18.9 Å². The Morgan fingerprint density at radius 2 is 2.12 bits per heavy atom. The second-order valence-corrected chi connectivity index (χ2v) is 3.41. The molecule has 0 aliphatic rings. The van der Waals surface area contributed by atoms with Crippen molar-refractivity contribution >= 4 is 5.82 Å². The summed E-state index contributed by atoms with van der Waals surface area (Å²) in [6, 6.07) is 7.18. The van der Waals surface area contributed by atoms with Crippen molar-refractivity contribution in [1.29, 1.82) is 0 Å². The van der Waals surface area contributed by atoms with E-state index in [-0.39, 0.29) is 0 Å². The molecule has 0 aliphatic carbocycles. The summed E-state index contributed by atoms with van der Waals surface area (Å²) in [5.41, 5.74) is 6.35. The van der Waals surface area contributed by atoms with Crippen LogP contribution in [-0.2, 0) is 0 Å². The average Bonchev–Trinajstić information content (AvgIpc) is 2.76. The number of ether oxygens (including phenoxy) is 2. The summed E-state index contributed by atoms with van der Waals surface area (Å²) < 4.78 is 15.8. The molecule has 5 heteroatoms. The summed E-state index contributed by atoms with van der Waals surface area (Å²) in [5, 5.41) is 3.64. The summed E-state index contributed by atoms with van der Waals surface area (Å²) in [5.74, 6) is 2.31. The van der Waals surface area contributed by atoms with Crippen LogP contribution in [0.5, 0.6) is 11.5 Å². The lowest BCUT2D eigenvalue weighted by Gasteiger charge is -2.09. The van der Waals surface area contributed by atoms with Gasteiger partial charge in [0.15, 0.2) is 23.1 Å². The Kier molecular flexibility index (Phi) is 3.18. The third-order valence-electron chi connectivity index (χ3n) is 2.28. The highest BCUT2D eigenvalue weighted by molar-refractivity contribution is 5.64. The van der Waals surface area contributed by atoms with Gasteiger partial charge in [0.05, 0.1) is 13.7 Å². The van der Waals surface area contributed by atoms with Crippen molar-refractivity contribution in [2.24, 2.45) is 0 Å². The summed E-state index contributed by atoms with van der Waals surface area (Å²) in [4.78, 5) is 0. The van der Waals surface area contributed by atoms with Crippen LogP contribution in [0.4, 0.5) is 5.82 Å². The SMILES string of the molecule is CCOc1cc(-c2cc(N)no2)ccc1OC. The van der Waals surface area contributed by atoms with Gasteiger partial charge < -0.3 is 19.7 Å². The first kappa shape index (κ1) is 11.3. The molecule has 1 heterocycles. The fraction of sp³-hybridized carbons (Fsp3) is 0.250. The van der Waals surface area contributed by atoms with Gasteiger partial charge in [-0.25, -0.2) is 0 Å². The second kappa shape index (κ2) is 4.78. The molecule has 0 fully saturated rings. The highest BCUT2D eigenvalue weighted by Crippen LogP contribution is 2.32. The van der Waals surface area contributed by atoms with E-state index in [1.165, 1.54) is 0 Å². The highest BCUT2D eigenvalue weighted by atomic mass is 16.5. The molecule has 0 spiro atoms. The molecule has 0 atom stereocenters. The standard InChI is InChI=1S/C12H14N2O3/c1-3-16-11-6-8(4-5-9(11)15-2)10-7-12(13)14-17-10/h4-7H,3H2,1-2H3,(H2,13,14). The third-order valence-corrected chi connectivity index (χ3v) is 2.28. The van der Waals surface area contributed by atoms with Crippen molar-refractivity contribution in [3.05, 3.63) is 24.3 Å². The van der Waals surface area contributed by atoms with Crippen molar-refractivity contribution < 1.29 is 14.0 Å². The molecular formula is C12H14N2O3. The predicted molar refractivity (Wildman–Crippen MR) is 64.1 cm³/mol. The molecule has 0 saturated carbocycles. The van der Waals surface area contributed by atoms with Crippen LogP contribution in [0.2, 0.25) is 0 Å². The van der Waals surface area contributed by atoms with E-state index in [0.717, 1.165) is 5.56 Å². The second-order valence-electron chi connectivity index (χ2n) is 3.41. The summed E-state index contributed by atoms with van der Waals surface area (Å²) in [6.07, 6.45) is 0. The molecule has 5 nitrogen and oxygen atoms in total. The van der Waals surface area contributed by atoms with E-state index >= 15 is 0 Å². The molecular weight excluding hydrogens is 220 g/mol. The third kappa shape index (κ3) is 2.33. The van der Waals surface area contributed by atoms with E-state index in [1.807, 2.05) is 25.1 Å². The first-order chi connectivity index (χ1) is 8.24. The monoisotopic (exact) mass is 234 g/mol. The zero-order valence-corrected chi connectivity index (χ0v) is 9.77. The maximum absolute atomic E-state index is 5.51. The number of nitrogens with zero attached hydrogens (tertiary/aromatic N) is 1. The van der Waals surface area contributed by atoms with E-state index in [1.54, 1.807) is 13.2 Å². The van der Waals surface area contributed by atoms with Gasteiger partial charge in [-0.15, -0.1) is 0 Å². The van der Waals surface area contributed by atoms with Crippen molar-refractivity contribution in [1.82, 2.24) is 5.16 Å². The Hall–Kier alpha value is -2.17. The largest absolute Gasteiger partial charge is 0.493 e. The molecule has 0 amide bonds. The molecule has 0 unspecified atom stereocenters. The van der Waals surface area contributed by atoms with Gasteiger partial charge in [-0.3, -0.25) is 0 Å².